The van der Waals surface area contributed by atoms with Crippen molar-refractivity contribution in [2.75, 3.05) is 18.0 Å². The van der Waals surface area contributed by atoms with Crippen molar-refractivity contribution in [2.24, 2.45) is 0 Å². The van der Waals surface area contributed by atoms with Crippen molar-refractivity contribution in [3.8, 4) is 0 Å². The first-order chi connectivity index (χ1) is 12.0. The van der Waals surface area contributed by atoms with E-state index in [0.29, 0.717) is 13.1 Å². The predicted molar refractivity (Wildman–Crippen MR) is 102 cm³/mol. The summed E-state index contributed by atoms with van der Waals surface area (Å²) in [6.45, 7) is 9.26. The molecular weight excluding hydrogens is 314 g/mol. The lowest BCUT2D eigenvalue weighted by atomic mass is 9.85. The Morgan fingerprint density at radius 3 is 2.68 bits per heavy atom. The second kappa shape index (κ2) is 8.88. The Bertz CT molecular complexity index is 602. The topological polar surface area (TPSA) is 61.4 Å². The van der Waals surface area contributed by atoms with Crippen LogP contribution in [0.4, 0.5) is 5.69 Å². The second-order valence-corrected chi connectivity index (χ2v) is 6.99. The van der Waals surface area contributed by atoms with Gasteiger partial charge in [0.1, 0.15) is 0 Å². The van der Waals surface area contributed by atoms with Gasteiger partial charge in [-0.25, -0.2) is 0 Å². The van der Waals surface area contributed by atoms with Crippen LogP contribution in [0.25, 0.3) is 0 Å². The third kappa shape index (κ3) is 4.74. The molecule has 0 fully saturated rings. The van der Waals surface area contributed by atoms with Gasteiger partial charge in [0.2, 0.25) is 11.8 Å². The van der Waals surface area contributed by atoms with Crippen LogP contribution in [0.3, 0.4) is 0 Å². The minimum atomic E-state index is -0.157. The van der Waals surface area contributed by atoms with Crippen LogP contribution < -0.4 is 15.5 Å². The number of fused-ring (bicyclic) bond motifs is 1. The minimum Gasteiger partial charge on any atom is -0.359 e. The van der Waals surface area contributed by atoms with E-state index in [1.54, 1.807) is 0 Å². The zero-order valence-corrected chi connectivity index (χ0v) is 15.8. The van der Waals surface area contributed by atoms with Crippen LogP contribution in [-0.4, -0.2) is 37.0 Å². The number of hydrogen-bond acceptors (Lipinski definition) is 3. The van der Waals surface area contributed by atoms with E-state index in [0.717, 1.165) is 30.5 Å². The monoisotopic (exact) mass is 345 g/mol. The molecule has 138 valence electrons. The van der Waals surface area contributed by atoms with Gasteiger partial charge in [-0.2, -0.15) is 0 Å². The second-order valence-electron chi connectivity index (χ2n) is 6.99. The van der Waals surface area contributed by atoms with E-state index >= 15 is 0 Å². The Kier molecular flexibility index (Phi) is 6.85. The fourth-order valence-electron chi connectivity index (χ4n) is 3.29. The number of benzene rings is 1. The Morgan fingerprint density at radius 1 is 1.28 bits per heavy atom. The zero-order valence-electron chi connectivity index (χ0n) is 15.8. The van der Waals surface area contributed by atoms with Crippen molar-refractivity contribution in [2.45, 2.75) is 65.0 Å². The number of nitrogens with zero attached hydrogens (tertiary/aromatic N) is 1. The summed E-state index contributed by atoms with van der Waals surface area (Å²) in [7, 11) is 0. The Labute approximate surface area is 151 Å². The molecule has 2 rings (SSSR count). The molecule has 0 saturated carbocycles. The van der Waals surface area contributed by atoms with E-state index in [4.69, 9.17) is 0 Å². The number of amides is 2. The lowest BCUT2D eigenvalue weighted by Crippen LogP contribution is -2.48. The lowest BCUT2D eigenvalue weighted by Gasteiger charge is -2.40. The molecule has 0 aliphatic carbocycles. The smallest absolute Gasteiger partial charge is 0.239 e. The maximum absolute atomic E-state index is 12.7. The van der Waals surface area contributed by atoms with Crippen LogP contribution in [0.5, 0.6) is 0 Å². The molecule has 0 bridgehead atoms. The summed E-state index contributed by atoms with van der Waals surface area (Å²) < 4.78 is 0. The van der Waals surface area contributed by atoms with Crippen molar-refractivity contribution in [1.82, 2.24) is 10.6 Å². The molecule has 1 aromatic rings. The molecule has 0 radical (unpaired) electrons. The SMILES string of the molecule is CCCNC(=O)CN1c2ccccc2C(C(=O)NC(C)CC)CC1C. The third-order valence-corrected chi connectivity index (χ3v) is 4.93. The molecule has 1 heterocycles. The van der Waals surface area contributed by atoms with Crippen LogP contribution in [0.15, 0.2) is 24.3 Å². The third-order valence-electron chi connectivity index (χ3n) is 4.93. The molecule has 0 aromatic heterocycles. The summed E-state index contributed by atoms with van der Waals surface area (Å²) in [4.78, 5) is 27.0. The van der Waals surface area contributed by atoms with Crippen molar-refractivity contribution < 1.29 is 9.59 Å². The molecule has 2 N–H and O–H groups in total. The van der Waals surface area contributed by atoms with E-state index in [1.165, 1.54) is 0 Å². The molecular formula is C20H31N3O2. The standard InChI is InChI=1S/C20H31N3O2/c1-5-11-21-19(24)13-23-15(4)12-17(20(25)22-14(3)6-2)16-9-7-8-10-18(16)23/h7-10,14-15,17H,5-6,11-13H2,1-4H3,(H,21,24)(H,22,25). The molecule has 5 nitrogen and oxygen atoms in total. The number of carbonyl (C=O) groups is 2. The Balaban J connectivity index is 2.21. The van der Waals surface area contributed by atoms with Gasteiger partial charge in [0.05, 0.1) is 12.5 Å². The van der Waals surface area contributed by atoms with Gasteiger partial charge >= 0.3 is 0 Å². The summed E-state index contributed by atoms with van der Waals surface area (Å²) in [5.41, 5.74) is 2.02. The maximum Gasteiger partial charge on any atom is 0.239 e. The molecule has 3 unspecified atom stereocenters. The number of nitrogens with one attached hydrogen (secondary N) is 2. The Morgan fingerprint density at radius 2 is 2.00 bits per heavy atom. The largest absolute Gasteiger partial charge is 0.359 e. The van der Waals surface area contributed by atoms with E-state index in [-0.39, 0.29) is 29.8 Å². The van der Waals surface area contributed by atoms with E-state index < -0.39 is 0 Å². The zero-order chi connectivity index (χ0) is 18.4. The first-order valence-corrected chi connectivity index (χ1v) is 9.40. The first kappa shape index (κ1) is 19.3. The molecule has 25 heavy (non-hydrogen) atoms. The number of para-hydroxylation sites is 1. The van der Waals surface area contributed by atoms with Gasteiger partial charge in [0.25, 0.3) is 0 Å². The molecule has 0 spiro atoms. The van der Waals surface area contributed by atoms with Crippen LogP contribution >= 0.6 is 0 Å². The molecule has 1 aromatic carbocycles. The lowest BCUT2D eigenvalue weighted by molar-refractivity contribution is -0.123. The molecule has 0 saturated heterocycles. The van der Waals surface area contributed by atoms with Gasteiger partial charge in [-0.15, -0.1) is 0 Å². The first-order valence-electron chi connectivity index (χ1n) is 9.40. The number of hydrogen-bond donors (Lipinski definition) is 2. The van der Waals surface area contributed by atoms with E-state index in [2.05, 4.69) is 29.4 Å². The predicted octanol–water partition coefficient (Wildman–Crippen LogP) is 2.81. The van der Waals surface area contributed by atoms with Crippen LogP contribution in [-0.2, 0) is 9.59 Å². The number of rotatable bonds is 7. The fraction of sp³-hybridized carbons (Fsp3) is 0.600. The summed E-state index contributed by atoms with van der Waals surface area (Å²) in [6, 6.07) is 8.27. The van der Waals surface area contributed by atoms with E-state index in [1.807, 2.05) is 38.1 Å². The molecule has 2 amide bonds. The summed E-state index contributed by atoms with van der Waals surface area (Å²) in [5.74, 6) is -0.0371. The quantitative estimate of drug-likeness (QED) is 0.799. The highest BCUT2D eigenvalue weighted by molar-refractivity contribution is 5.88. The summed E-state index contributed by atoms with van der Waals surface area (Å²) in [5, 5.41) is 6.05. The summed E-state index contributed by atoms with van der Waals surface area (Å²) >= 11 is 0. The normalized spacial score (nSPS) is 20.6. The van der Waals surface area contributed by atoms with Gasteiger partial charge in [-0.1, -0.05) is 32.0 Å². The minimum absolute atomic E-state index is 0.0333. The van der Waals surface area contributed by atoms with Crippen molar-refractivity contribution in [1.29, 1.82) is 0 Å². The van der Waals surface area contributed by atoms with Gasteiger partial charge < -0.3 is 15.5 Å². The summed E-state index contributed by atoms with van der Waals surface area (Å²) in [6.07, 6.45) is 2.56. The fourth-order valence-corrected chi connectivity index (χ4v) is 3.29. The number of anilines is 1. The van der Waals surface area contributed by atoms with Gasteiger partial charge in [-0.3, -0.25) is 9.59 Å². The van der Waals surface area contributed by atoms with E-state index in [9.17, 15) is 9.59 Å². The highest BCUT2D eigenvalue weighted by atomic mass is 16.2. The van der Waals surface area contributed by atoms with Gasteiger partial charge in [0.15, 0.2) is 0 Å². The van der Waals surface area contributed by atoms with Crippen molar-refractivity contribution in [3.05, 3.63) is 29.8 Å². The van der Waals surface area contributed by atoms with Crippen LogP contribution in [0.1, 0.15) is 58.4 Å². The Hall–Kier alpha value is -2.04. The van der Waals surface area contributed by atoms with Crippen molar-refractivity contribution in [3.63, 3.8) is 0 Å². The molecule has 1 aliphatic heterocycles. The van der Waals surface area contributed by atoms with Gasteiger partial charge in [0, 0.05) is 24.3 Å². The van der Waals surface area contributed by atoms with Gasteiger partial charge in [-0.05, 0) is 44.7 Å². The average Bonchev–Trinajstić information content (AvgIpc) is 2.61. The molecule has 5 heteroatoms. The number of carbonyl (C=O) groups excluding carboxylic acids is 2. The maximum atomic E-state index is 12.7. The van der Waals surface area contributed by atoms with Crippen LogP contribution in [0.2, 0.25) is 0 Å². The molecule has 1 aliphatic rings. The molecule has 3 atom stereocenters. The average molecular weight is 345 g/mol. The highest BCUT2D eigenvalue weighted by Gasteiger charge is 2.34. The van der Waals surface area contributed by atoms with Crippen LogP contribution in [0, 0.1) is 0 Å². The van der Waals surface area contributed by atoms with Crippen molar-refractivity contribution >= 4 is 17.5 Å². The highest BCUT2D eigenvalue weighted by Crippen LogP contribution is 2.38.